The molecule has 0 bridgehead atoms. The highest BCUT2D eigenvalue weighted by Gasteiger charge is 2.05. The van der Waals surface area contributed by atoms with Gasteiger partial charge in [0.05, 0.1) is 5.52 Å². The Labute approximate surface area is 113 Å². The highest BCUT2D eigenvalue weighted by molar-refractivity contribution is 7.11. The van der Waals surface area contributed by atoms with Crippen LogP contribution in [-0.4, -0.2) is 35.5 Å². The Morgan fingerprint density at radius 3 is 2.89 bits per heavy atom. The second-order valence-corrected chi connectivity index (χ2v) is 5.66. The third-order valence-electron chi connectivity index (χ3n) is 3.24. The van der Waals surface area contributed by atoms with Crippen molar-refractivity contribution in [1.82, 2.24) is 9.27 Å². The molecule has 1 aromatic heterocycles. The summed E-state index contributed by atoms with van der Waals surface area (Å²) >= 11 is 1.55. The van der Waals surface area contributed by atoms with Gasteiger partial charge in [0.2, 0.25) is 0 Å². The maximum atomic E-state index is 4.43. The van der Waals surface area contributed by atoms with Crippen LogP contribution >= 0.6 is 11.5 Å². The number of rotatable bonds is 6. The van der Waals surface area contributed by atoms with Crippen LogP contribution in [0.3, 0.4) is 0 Å². The molecule has 0 fully saturated rings. The van der Waals surface area contributed by atoms with Crippen molar-refractivity contribution in [2.24, 2.45) is 0 Å². The summed E-state index contributed by atoms with van der Waals surface area (Å²) in [6.45, 7) is 6.58. The molecule has 0 radical (unpaired) electrons. The lowest BCUT2D eigenvalue weighted by molar-refractivity contribution is 0.273. The molecule has 18 heavy (non-hydrogen) atoms. The molecule has 0 unspecified atom stereocenters. The number of nitrogens with one attached hydrogen (secondary N) is 1. The molecular formula is C14H21N3S. The molecule has 1 N–H and O–H groups in total. The third-order valence-corrected chi connectivity index (χ3v) is 4.07. The first-order valence-corrected chi connectivity index (χ1v) is 7.24. The normalized spacial score (nSPS) is 11.6. The minimum atomic E-state index is 0.620. The van der Waals surface area contributed by atoms with E-state index in [9.17, 15) is 0 Å². The summed E-state index contributed by atoms with van der Waals surface area (Å²) in [4.78, 5) is 2.37. The highest BCUT2D eigenvalue weighted by atomic mass is 32.1. The molecule has 98 valence electrons. The Bertz CT molecular complexity index is 492. The Balaban J connectivity index is 1.84. The summed E-state index contributed by atoms with van der Waals surface area (Å²) in [5.74, 6) is 0. The van der Waals surface area contributed by atoms with Crippen LogP contribution in [0.25, 0.3) is 10.9 Å². The molecule has 2 aromatic rings. The Morgan fingerprint density at radius 1 is 1.33 bits per heavy atom. The fraction of sp³-hybridized carbons (Fsp3) is 0.500. The highest BCUT2D eigenvalue weighted by Crippen LogP contribution is 2.26. The van der Waals surface area contributed by atoms with Gasteiger partial charge in [-0.25, -0.2) is 0 Å². The van der Waals surface area contributed by atoms with Gasteiger partial charge in [-0.05, 0) is 57.5 Å². The van der Waals surface area contributed by atoms with Gasteiger partial charge in [0.1, 0.15) is 5.00 Å². The summed E-state index contributed by atoms with van der Waals surface area (Å²) in [6, 6.07) is 8.90. The molecule has 1 aromatic carbocycles. The molecular weight excluding hydrogens is 242 g/mol. The molecule has 3 nitrogen and oxygen atoms in total. The van der Waals surface area contributed by atoms with Gasteiger partial charge >= 0.3 is 0 Å². The van der Waals surface area contributed by atoms with Gasteiger partial charge < -0.3 is 10.2 Å². The molecule has 2 rings (SSSR count). The third kappa shape index (κ3) is 3.21. The minimum Gasteiger partial charge on any atom is -0.375 e. The van der Waals surface area contributed by atoms with Gasteiger partial charge in [-0.15, -0.1) is 0 Å². The van der Waals surface area contributed by atoms with E-state index in [0.29, 0.717) is 6.04 Å². The molecule has 0 amide bonds. The Hall–Kier alpha value is -1.13. The first-order chi connectivity index (χ1) is 8.68. The van der Waals surface area contributed by atoms with Gasteiger partial charge in [-0.3, -0.25) is 0 Å². The quantitative estimate of drug-likeness (QED) is 0.809. The standard InChI is InChI=1S/C14H21N3S/c1-11(2)17(3)10-6-9-15-14-12-7-4-5-8-13(12)16-18-14/h4-5,7-8,11,15H,6,9-10H2,1-3H3. The summed E-state index contributed by atoms with van der Waals surface area (Å²) in [7, 11) is 2.17. The zero-order valence-corrected chi connectivity index (χ0v) is 12.1. The van der Waals surface area contributed by atoms with E-state index in [1.54, 1.807) is 11.5 Å². The first kappa shape index (κ1) is 13.3. The topological polar surface area (TPSA) is 28.2 Å². The molecule has 4 heteroatoms. The summed E-state index contributed by atoms with van der Waals surface area (Å²) in [6.07, 6.45) is 1.15. The van der Waals surface area contributed by atoms with Crippen LogP contribution in [0.4, 0.5) is 5.00 Å². The van der Waals surface area contributed by atoms with Crippen LogP contribution < -0.4 is 5.32 Å². The number of hydrogen-bond acceptors (Lipinski definition) is 4. The van der Waals surface area contributed by atoms with Crippen molar-refractivity contribution < 1.29 is 0 Å². The van der Waals surface area contributed by atoms with Crippen molar-refractivity contribution in [3.8, 4) is 0 Å². The molecule has 0 spiro atoms. The van der Waals surface area contributed by atoms with E-state index in [4.69, 9.17) is 0 Å². The fourth-order valence-electron chi connectivity index (χ4n) is 1.81. The van der Waals surface area contributed by atoms with Gasteiger partial charge in [-0.1, -0.05) is 12.1 Å². The van der Waals surface area contributed by atoms with Crippen molar-refractivity contribution in [2.75, 3.05) is 25.5 Å². The second-order valence-electron chi connectivity index (χ2n) is 4.88. The van der Waals surface area contributed by atoms with Crippen molar-refractivity contribution in [1.29, 1.82) is 0 Å². The number of anilines is 1. The SMILES string of the molecule is CC(C)N(C)CCCNc1snc2ccccc12. The molecule has 0 aliphatic heterocycles. The number of fused-ring (bicyclic) bond motifs is 1. The van der Waals surface area contributed by atoms with Crippen LogP contribution in [0.2, 0.25) is 0 Å². The number of benzene rings is 1. The average Bonchev–Trinajstić information content (AvgIpc) is 2.77. The molecule has 0 aliphatic carbocycles. The van der Waals surface area contributed by atoms with E-state index >= 15 is 0 Å². The maximum absolute atomic E-state index is 4.43. The van der Waals surface area contributed by atoms with Crippen molar-refractivity contribution in [3.05, 3.63) is 24.3 Å². The zero-order valence-electron chi connectivity index (χ0n) is 11.3. The summed E-state index contributed by atoms with van der Waals surface area (Å²) < 4.78 is 4.43. The molecule has 0 aliphatic rings. The van der Waals surface area contributed by atoms with Crippen LogP contribution in [0.1, 0.15) is 20.3 Å². The molecule has 1 heterocycles. The van der Waals surface area contributed by atoms with E-state index in [1.165, 1.54) is 10.4 Å². The van der Waals surface area contributed by atoms with Crippen LogP contribution in [0, 0.1) is 0 Å². The van der Waals surface area contributed by atoms with Crippen LogP contribution in [0.15, 0.2) is 24.3 Å². The average molecular weight is 263 g/mol. The maximum Gasteiger partial charge on any atom is 0.117 e. The van der Waals surface area contributed by atoms with E-state index < -0.39 is 0 Å². The largest absolute Gasteiger partial charge is 0.375 e. The Morgan fingerprint density at radius 2 is 2.11 bits per heavy atom. The monoisotopic (exact) mass is 263 g/mol. The summed E-state index contributed by atoms with van der Waals surface area (Å²) in [5.41, 5.74) is 1.09. The Kier molecular flexibility index (Phi) is 4.55. The van der Waals surface area contributed by atoms with Crippen LogP contribution in [0.5, 0.6) is 0 Å². The molecule has 0 saturated carbocycles. The lowest BCUT2D eigenvalue weighted by Crippen LogP contribution is -2.28. The minimum absolute atomic E-state index is 0.620. The van der Waals surface area contributed by atoms with Crippen molar-refractivity contribution in [2.45, 2.75) is 26.3 Å². The van der Waals surface area contributed by atoms with E-state index in [0.717, 1.165) is 25.0 Å². The van der Waals surface area contributed by atoms with Crippen molar-refractivity contribution in [3.63, 3.8) is 0 Å². The van der Waals surface area contributed by atoms with Crippen molar-refractivity contribution >= 4 is 27.4 Å². The van der Waals surface area contributed by atoms with Crippen LogP contribution in [-0.2, 0) is 0 Å². The number of aromatic nitrogens is 1. The smallest absolute Gasteiger partial charge is 0.117 e. The zero-order chi connectivity index (χ0) is 13.0. The molecule has 0 atom stereocenters. The van der Waals surface area contributed by atoms with Gasteiger partial charge in [0.25, 0.3) is 0 Å². The van der Waals surface area contributed by atoms with E-state index in [2.05, 4.69) is 53.7 Å². The van der Waals surface area contributed by atoms with Gasteiger partial charge in [-0.2, -0.15) is 4.37 Å². The van der Waals surface area contributed by atoms with E-state index in [-0.39, 0.29) is 0 Å². The predicted octanol–water partition coefficient (Wildman–Crippen LogP) is 3.44. The van der Waals surface area contributed by atoms with Gasteiger partial charge in [0.15, 0.2) is 0 Å². The van der Waals surface area contributed by atoms with E-state index in [1.807, 2.05) is 6.07 Å². The lowest BCUT2D eigenvalue weighted by atomic mass is 10.2. The molecule has 0 saturated heterocycles. The number of nitrogens with zero attached hydrogens (tertiary/aromatic N) is 2. The fourth-order valence-corrected chi connectivity index (χ4v) is 2.59. The number of hydrogen-bond donors (Lipinski definition) is 1. The second kappa shape index (κ2) is 6.16. The summed E-state index contributed by atoms with van der Waals surface area (Å²) in [5, 5.41) is 5.92. The lowest BCUT2D eigenvalue weighted by Gasteiger charge is -2.20. The predicted molar refractivity (Wildman–Crippen MR) is 80.5 cm³/mol. The first-order valence-electron chi connectivity index (χ1n) is 6.47. The van der Waals surface area contributed by atoms with Gasteiger partial charge in [0, 0.05) is 18.0 Å².